The lowest BCUT2D eigenvalue weighted by molar-refractivity contribution is 0.411. The van der Waals surface area contributed by atoms with Crippen LogP contribution in [0.15, 0.2) is 22.7 Å². The van der Waals surface area contributed by atoms with Crippen molar-refractivity contribution in [2.75, 3.05) is 7.11 Å². The van der Waals surface area contributed by atoms with Gasteiger partial charge in [-0.2, -0.15) is 0 Å². The Bertz CT molecular complexity index is 277. The predicted molar refractivity (Wildman–Crippen MR) is 50.5 cm³/mol. The Morgan fingerprint density at radius 3 is 2.50 bits per heavy atom. The van der Waals surface area contributed by atoms with Crippen LogP contribution in [0, 0.1) is 0 Å². The smallest absolute Gasteiger partial charge is 0.488 e. The highest BCUT2D eigenvalue weighted by Crippen LogP contribution is 2.15. The molecule has 0 atom stereocenters. The van der Waals surface area contributed by atoms with Gasteiger partial charge in [0.2, 0.25) is 0 Å². The fraction of sp³-hybridized carbons (Fsp3) is 0.143. The summed E-state index contributed by atoms with van der Waals surface area (Å²) in [6.45, 7) is 0. The Balaban J connectivity index is 3.06. The molecule has 0 spiro atoms. The minimum Gasteiger partial charge on any atom is -0.497 e. The van der Waals surface area contributed by atoms with E-state index >= 15 is 0 Å². The highest BCUT2D eigenvalue weighted by atomic mass is 79.9. The van der Waals surface area contributed by atoms with Crippen molar-refractivity contribution in [3.8, 4) is 5.75 Å². The van der Waals surface area contributed by atoms with Gasteiger partial charge in [0, 0.05) is 4.47 Å². The first kappa shape index (κ1) is 9.57. The van der Waals surface area contributed by atoms with Crippen LogP contribution in [-0.2, 0) is 0 Å². The molecule has 1 aromatic carbocycles. The quantitative estimate of drug-likeness (QED) is 0.711. The van der Waals surface area contributed by atoms with Crippen LogP contribution in [0.4, 0.5) is 0 Å². The van der Waals surface area contributed by atoms with E-state index in [0.29, 0.717) is 11.2 Å². The van der Waals surface area contributed by atoms with Crippen LogP contribution < -0.4 is 10.2 Å². The van der Waals surface area contributed by atoms with Gasteiger partial charge < -0.3 is 14.8 Å². The van der Waals surface area contributed by atoms with E-state index in [1.54, 1.807) is 18.2 Å². The number of hydrogen-bond donors (Lipinski definition) is 2. The van der Waals surface area contributed by atoms with Crippen molar-refractivity contribution in [2.24, 2.45) is 0 Å². The van der Waals surface area contributed by atoms with E-state index in [2.05, 4.69) is 15.9 Å². The normalized spacial score (nSPS) is 9.67. The summed E-state index contributed by atoms with van der Waals surface area (Å²) >= 11 is 3.22. The number of rotatable bonds is 2. The molecule has 0 radical (unpaired) electrons. The molecule has 1 rings (SSSR count). The molecule has 0 heterocycles. The van der Waals surface area contributed by atoms with Gasteiger partial charge in [0.1, 0.15) is 5.75 Å². The van der Waals surface area contributed by atoms with Gasteiger partial charge in [-0.15, -0.1) is 0 Å². The van der Waals surface area contributed by atoms with E-state index in [9.17, 15) is 0 Å². The molecule has 1 aromatic rings. The van der Waals surface area contributed by atoms with Gasteiger partial charge >= 0.3 is 7.12 Å². The Kier molecular flexibility index (Phi) is 3.14. The maximum absolute atomic E-state index is 8.85. The molecule has 0 saturated heterocycles. The first-order valence-corrected chi connectivity index (χ1v) is 4.13. The van der Waals surface area contributed by atoms with Crippen LogP contribution in [0.5, 0.6) is 5.75 Å². The van der Waals surface area contributed by atoms with Crippen molar-refractivity contribution in [2.45, 2.75) is 0 Å². The molecule has 0 unspecified atom stereocenters. The van der Waals surface area contributed by atoms with E-state index in [4.69, 9.17) is 14.8 Å². The average molecular weight is 231 g/mol. The van der Waals surface area contributed by atoms with Gasteiger partial charge in [0.05, 0.1) is 7.11 Å². The molecule has 3 nitrogen and oxygen atoms in total. The molecule has 5 heteroatoms. The van der Waals surface area contributed by atoms with E-state index < -0.39 is 7.12 Å². The van der Waals surface area contributed by atoms with Gasteiger partial charge in [0.25, 0.3) is 0 Å². The predicted octanol–water partition coefficient (Wildman–Crippen LogP) is 0.137. The average Bonchev–Trinajstić information content (AvgIpc) is 2.03. The molecule has 0 fully saturated rings. The lowest BCUT2D eigenvalue weighted by atomic mass is 9.80. The number of benzene rings is 1. The fourth-order valence-corrected chi connectivity index (χ4v) is 1.34. The molecule has 2 N–H and O–H groups in total. The molecule has 64 valence electrons. The minimum absolute atomic E-state index is 0.404. The van der Waals surface area contributed by atoms with Crippen LogP contribution in [0.3, 0.4) is 0 Å². The second-order valence-electron chi connectivity index (χ2n) is 2.30. The lowest BCUT2D eigenvalue weighted by Crippen LogP contribution is -2.29. The molecule has 0 aliphatic heterocycles. The third-order valence-electron chi connectivity index (χ3n) is 1.43. The molecule has 0 aliphatic rings. The van der Waals surface area contributed by atoms with Crippen LogP contribution in [0.1, 0.15) is 0 Å². The third-order valence-corrected chi connectivity index (χ3v) is 1.89. The van der Waals surface area contributed by atoms with E-state index in [0.717, 1.165) is 4.47 Å². The van der Waals surface area contributed by atoms with Crippen LogP contribution >= 0.6 is 15.9 Å². The number of halogens is 1. The lowest BCUT2D eigenvalue weighted by Gasteiger charge is -2.04. The van der Waals surface area contributed by atoms with Gasteiger partial charge in [-0.3, -0.25) is 0 Å². The van der Waals surface area contributed by atoms with Crippen molar-refractivity contribution in [1.82, 2.24) is 0 Å². The van der Waals surface area contributed by atoms with Crippen molar-refractivity contribution in [3.05, 3.63) is 22.7 Å². The highest BCUT2D eigenvalue weighted by Gasteiger charge is 2.12. The highest BCUT2D eigenvalue weighted by molar-refractivity contribution is 9.10. The SMILES string of the molecule is COc1cc(Br)cc(B(O)O)c1. The molecule has 0 bridgehead atoms. The zero-order valence-electron chi connectivity index (χ0n) is 6.49. The largest absolute Gasteiger partial charge is 0.497 e. The molecular weight excluding hydrogens is 223 g/mol. The number of hydrogen-bond acceptors (Lipinski definition) is 3. The van der Waals surface area contributed by atoms with Crippen LogP contribution in [-0.4, -0.2) is 24.3 Å². The van der Waals surface area contributed by atoms with Crippen molar-refractivity contribution in [3.63, 3.8) is 0 Å². The first-order chi connectivity index (χ1) is 5.63. The summed E-state index contributed by atoms with van der Waals surface area (Å²) in [6, 6.07) is 4.93. The Hall–Kier alpha value is -0.515. The standard InChI is InChI=1S/C7H8BBrO3/c1-12-7-3-5(8(10)11)2-6(9)4-7/h2-4,10-11H,1H3. The number of ether oxygens (including phenoxy) is 1. The van der Waals surface area contributed by atoms with Crippen LogP contribution in [0.2, 0.25) is 0 Å². The van der Waals surface area contributed by atoms with Crippen LogP contribution in [0.25, 0.3) is 0 Å². The summed E-state index contributed by atoms with van der Waals surface area (Å²) in [5.74, 6) is 0.590. The van der Waals surface area contributed by atoms with Gasteiger partial charge in [-0.1, -0.05) is 15.9 Å². The monoisotopic (exact) mass is 230 g/mol. The van der Waals surface area contributed by atoms with E-state index in [-0.39, 0.29) is 0 Å². The second-order valence-corrected chi connectivity index (χ2v) is 3.21. The van der Waals surface area contributed by atoms with Gasteiger partial charge in [-0.05, 0) is 23.7 Å². The summed E-state index contributed by atoms with van der Waals surface area (Å²) < 4.78 is 5.69. The van der Waals surface area contributed by atoms with E-state index in [1.165, 1.54) is 7.11 Å². The molecule has 0 saturated carbocycles. The summed E-state index contributed by atoms with van der Waals surface area (Å²) in [5, 5.41) is 17.7. The second kappa shape index (κ2) is 3.93. The van der Waals surface area contributed by atoms with E-state index in [1.807, 2.05) is 0 Å². The number of methoxy groups -OCH3 is 1. The Morgan fingerprint density at radius 2 is 2.00 bits per heavy atom. The maximum Gasteiger partial charge on any atom is 0.488 e. The fourth-order valence-electron chi connectivity index (χ4n) is 0.851. The zero-order chi connectivity index (χ0) is 9.14. The molecule has 12 heavy (non-hydrogen) atoms. The summed E-state index contributed by atoms with van der Waals surface area (Å²) in [5.41, 5.74) is 0.404. The first-order valence-electron chi connectivity index (χ1n) is 3.34. The molecule has 0 aliphatic carbocycles. The molecule has 0 aromatic heterocycles. The van der Waals surface area contributed by atoms with Crippen molar-refractivity contribution in [1.29, 1.82) is 0 Å². The summed E-state index contributed by atoms with van der Waals surface area (Å²) in [7, 11) is 0.0615. The Morgan fingerprint density at radius 1 is 1.33 bits per heavy atom. The Labute approximate surface area is 79.3 Å². The van der Waals surface area contributed by atoms with Gasteiger partial charge in [-0.25, -0.2) is 0 Å². The summed E-state index contributed by atoms with van der Waals surface area (Å²) in [4.78, 5) is 0. The topological polar surface area (TPSA) is 49.7 Å². The molecule has 0 amide bonds. The van der Waals surface area contributed by atoms with Crippen molar-refractivity contribution >= 4 is 28.5 Å². The summed E-state index contributed by atoms with van der Waals surface area (Å²) in [6.07, 6.45) is 0. The zero-order valence-corrected chi connectivity index (χ0v) is 8.08. The molecular formula is C7H8BBrO3. The van der Waals surface area contributed by atoms with Gasteiger partial charge in [0.15, 0.2) is 0 Å². The minimum atomic E-state index is -1.46. The maximum atomic E-state index is 8.85. The van der Waals surface area contributed by atoms with Crippen molar-refractivity contribution < 1.29 is 14.8 Å². The third kappa shape index (κ3) is 2.23.